The fourth-order valence-corrected chi connectivity index (χ4v) is 4.00. The summed E-state index contributed by atoms with van der Waals surface area (Å²) in [5.41, 5.74) is 3.14. The van der Waals surface area contributed by atoms with Crippen LogP contribution in [0.15, 0.2) is 42.5 Å². The summed E-state index contributed by atoms with van der Waals surface area (Å²) in [5, 5.41) is 9.19. The molecule has 2 aromatic rings. The smallest absolute Gasteiger partial charge is 0.232 e. The zero-order chi connectivity index (χ0) is 19.2. The Bertz CT molecular complexity index is 839. The molecule has 4 nitrogen and oxygen atoms in total. The van der Waals surface area contributed by atoms with Gasteiger partial charge in [0.25, 0.3) is 0 Å². The fraction of sp³-hybridized carbons (Fsp3) is 0.333. The van der Waals surface area contributed by atoms with Crippen LogP contribution in [-0.4, -0.2) is 42.7 Å². The number of hydrogen-bond acceptors (Lipinski definition) is 4. The third-order valence-electron chi connectivity index (χ3n) is 4.69. The lowest BCUT2D eigenvalue weighted by atomic mass is 10.1. The van der Waals surface area contributed by atoms with Crippen LogP contribution >= 0.6 is 11.8 Å². The van der Waals surface area contributed by atoms with Gasteiger partial charge < -0.3 is 9.80 Å². The topological polar surface area (TPSA) is 47.3 Å². The molecule has 2 aromatic carbocycles. The molecule has 3 rings (SSSR count). The van der Waals surface area contributed by atoms with E-state index in [2.05, 4.69) is 31.2 Å². The van der Waals surface area contributed by atoms with Crippen LogP contribution in [0.25, 0.3) is 0 Å². The average Bonchev–Trinajstić information content (AvgIpc) is 2.69. The second-order valence-electron chi connectivity index (χ2n) is 6.59. The van der Waals surface area contributed by atoms with Crippen LogP contribution in [-0.2, 0) is 10.5 Å². The van der Waals surface area contributed by atoms with E-state index in [0.717, 1.165) is 5.75 Å². The maximum atomic E-state index is 13.8. The van der Waals surface area contributed by atoms with Gasteiger partial charge in [-0.05, 0) is 24.6 Å². The highest BCUT2D eigenvalue weighted by Crippen LogP contribution is 2.24. The van der Waals surface area contributed by atoms with Gasteiger partial charge in [0, 0.05) is 31.9 Å². The van der Waals surface area contributed by atoms with Crippen molar-refractivity contribution in [3.8, 4) is 6.07 Å². The monoisotopic (exact) mass is 383 g/mol. The number of aryl methyl sites for hydroxylation is 1. The molecule has 0 saturated carbocycles. The van der Waals surface area contributed by atoms with Gasteiger partial charge in [-0.1, -0.05) is 35.9 Å². The highest BCUT2D eigenvalue weighted by atomic mass is 32.2. The summed E-state index contributed by atoms with van der Waals surface area (Å²) in [6, 6.07) is 15.0. The number of thioether (sulfide) groups is 1. The SMILES string of the molecule is Cc1ccc(CSCC(=O)N2CCN(c3cccc(F)c3C#N)CC2)cc1. The predicted octanol–water partition coefficient (Wildman–Crippen LogP) is 3.59. The number of hydrogen-bond donors (Lipinski definition) is 0. The molecule has 0 aromatic heterocycles. The van der Waals surface area contributed by atoms with Crippen molar-refractivity contribution in [2.75, 3.05) is 36.8 Å². The molecular weight excluding hydrogens is 361 g/mol. The molecule has 0 N–H and O–H groups in total. The first-order valence-electron chi connectivity index (χ1n) is 8.93. The summed E-state index contributed by atoms with van der Waals surface area (Å²) in [6.45, 7) is 4.44. The summed E-state index contributed by atoms with van der Waals surface area (Å²) in [7, 11) is 0. The van der Waals surface area contributed by atoms with Crippen molar-refractivity contribution < 1.29 is 9.18 Å². The zero-order valence-electron chi connectivity index (χ0n) is 15.3. The summed E-state index contributed by atoms with van der Waals surface area (Å²) in [6.07, 6.45) is 0. The van der Waals surface area contributed by atoms with E-state index >= 15 is 0 Å². The second kappa shape index (κ2) is 8.92. The average molecular weight is 383 g/mol. The quantitative estimate of drug-likeness (QED) is 0.792. The van der Waals surface area contributed by atoms with E-state index in [0.29, 0.717) is 37.6 Å². The van der Waals surface area contributed by atoms with Gasteiger partial charge in [0.1, 0.15) is 17.4 Å². The van der Waals surface area contributed by atoms with E-state index in [-0.39, 0.29) is 11.5 Å². The van der Waals surface area contributed by atoms with Crippen LogP contribution in [0.3, 0.4) is 0 Å². The van der Waals surface area contributed by atoms with E-state index in [1.54, 1.807) is 23.9 Å². The van der Waals surface area contributed by atoms with Crippen molar-refractivity contribution in [3.05, 3.63) is 65.0 Å². The van der Waals surface area contributed by atoms with Gasteiger partial charge >= 0.3 is 0 Å². The van der Waals surface area contributed by atoms with Crippen molar-refractivity contribution in [3.63, 3.8) is 0 Å². The molecule has 1 aliphatic rings. The molecule has 140 valence electrons. The Morgan fingerprint density at radius 3 is 2.52 bits per heavy atom. The van der Waals surface area contributed by atoms with Crippen molar-refractivity contribution in [2.24, 2.45) is 0 Å². The lowest BCUT2D eigenvalue weighted by Gasteiger charge is -2.36. The number of halogens is 1. The van der Waals surface area contributed by atoms with Gasteiger partial charge in [0.2, 0.25) is 5.91 Å². The van der Waals surface area contributed by atoms with Crippen LogP contribution in [0.1, 0.15) is 16.7 Å². The van der Waals surface area contributed by atoms with E-state index in [9.17, 15) is 14.4 Å². The minimum absolute atomic E-state index is 0.0749. The number of anilines is 1. The fourth-order valence-electron chi connectivity index (χ4n) is 3.12. The number of benzene rings is 2. The minimum Gasteiger partial charge on any atom is -0.367 e. The Balaban J connectivity index is 1.49. The molecule has 1 heterocycles. The Morgan fingerprint density at radius 2 is 1.85 bits per heavy atom. The third-order valence-corrected chi connectivity index (χ3v) is 5.68. The molecule has 0 aliphatic carbocycles. The molecule has 0 spiro atoms. The second-order valence-corrected chi connectivity index (χ2v) is 7.58. The first-order chi connectivity index (χ1) is 13.1. The third kappa shape index (κ3) is 4.81. The standard InChI is InChI=1S/C21H22FN3OS/c1-16-5-7-17(8-6-16)14-27-15-21(26)25-11-9-24(10-12-25)20-4-2-3-19(22)18(20)13-23/h2-8H,9-12,14-15H2,1H3. The van der Waals surface area contributed by atoms with E-state index < -0.39 is 5.82 Å². The highest BCUT2D eigenvalue weighted by Gasteiger charge is 2.23. The van der Waals surface area contributed by atoms with Crippen molar-refractivity contribution in [2.45, 2.75) is 12.7 Å². The van der Waals surface area contributed by atoms with Crippen LogP contribution in [0.4, 0.5) is 10.1 Å². The summed E-state index contributed by atoms with van der Waals surface area (Å²) >= 11 is 1.62. The maximum absolute atomic E-state index is 13.8. The molecule has 27 heavy (non-hydrogen) atoms. The van der Waals surface area contributed by atoms with Crippen molar-refractivity contribution in [1.29, 1.82) is 5.26 Å². The number of amides is 1. The van der Waals surface area contributed by atoms with Crippen molar-refractivity contribution in [1.82, 2.24) is 4.90 Å². The maximum Gasteiger partial charge on any atom is 0.232 e. The van der Waals surface area contributed by atoms with Crippen LogP contribution in [0.5, 0.6) is 0 Å². The minimum atomic E-state index is -0.499. The lowest BCUT2D eigenvalue weighted by Crippen LogP contribution is -2.49. The molecule has 1 amide bonds. The number of nitriles is 1. The van der Waals surface area contributed by atoms with Gasteiger partial charge in [-0.3, -0.25) is 4.79 Å². The Labute approximate surface area is 163 Å². The summed E-state index contributed by atoms with van der Waals surface area (Å²) in [4.78, 5) is 16.3. The summed E-state index contributed by atoms with van der Waals surface area (Å²) in [5.74, 6) is 0.908. The van der Waals surface area contributed by atoms with Crippen LogP contribution in [0.2, 0.25) is 0 Å². The molecule has 1 saturated heterocycles. The first kappa shape index (κ1) is 19.2. The van der Waals surface area contributed by atoms with Gasteiger partial charge in [-0.15, -0.1) is 11.8 Å². The number of nitrogens with zero attached hydrogens (tertiary/aromatic N) is 3. The van der Waals surface area contributed by atoms with E-state index in [4.69, 9.17) is 0 Å². The Kier molecular flexibility index (Phi) is 6.36. The number of carbonyl (C=O) groups is 1. The van der Waals surface area contributed by atoms with Gasteiger partial charge in [0.15, 0.2) is 0 Å². The Hall–Kier alpha value is -2.52. The van der Waals surface area contributed by atoms with Crippen LogP contribution in [0, 0.1) is 24.1 Å². The lowest BCUT2D eigenvalue weighted by molar-refractivity contribution is -0.128. The predicted molar refractivity (Wildman–Crippen MR) is 107 cm³/mol. The van der Waals surface area contributed by atoms with E-state index in [1.165, 1.54) is 17.2 Å². The van der Waals surface area contributed by atoms with Crippen molar-refractivity contribution >= 4 is 23.4 Å². The molecule has 1 aliphatic heterocycles. The zero-order valence-corrected chi connectivity index (χ0v) is 16.1. The van der Waals surface area contributed by atoms with E-state index in [1.807, 2.05) is 15.9 Å². The number of rotatable bonds is 5. The summed E-state index contributed by atoms with van der Waals surface area (Å²) < 4.78 is 13.8. The molecular formula is C21H22FN3OS. The molecule has 1 fully saturated rings. The normalized spacial score (nSPS) is 14.1. The first-order valence-corrected chi connectivity index (χ1v) is 10.1. The van der Waals surface area contributed by atoms with Crippen LogP contribution < -0.4 is 4.90 Å². The molecule has 6 heteroatoms. The van der Waals surface area contributed by atoms with Gasteiger partial charge in [-0.2, -0.15) is 5.26 Å². The largest absolute Gasteiger partial charge is 0.367 e. The van der Waals surface area contributed by atoms with Gasteiger partial charge in [0.05, 0.1) is 11.4 Å². The van der Waals surface area contributed by atoms with Gasteiger partial charge in [-0.25, -0.2) is 4.39 Å². The molecule has 0 atom stereocenters. The highest BCUT2D eigenvalue weighted by molar-refractivity contribution is 7.99. The number of carbonyl (C=O) groups excluding carboxylic acids is 1. The molecule has 0 unspecified atom stereocenters. The Morgan fingerprint density at radius 1 is 1.15 bits per heavy atom. The molecule has 0 radical (unpaired) electrons. The molecule has 0 bridgehead atoms. The number of piperazine rings is 1.